The average molecular weight is 322 g/mol. The summed E-state index contributed by atoms with van der Waals surface area (Å²) >= 11 is 3.36. The zero-order valence-corrected chi connectivity index (χ0v) is 12.7. The fourth-order valence-corrected chi connectivity index (χ4v) is 2.54. The van der Waals surface area contributed by atoms with Crippen LogP contribution in [-0.4, -0.2) is 0 Å². The van der Waals surface area contributed by atoms with Gasteiger partial charge in [-0.15, -0.1) is 0 Å². The zero-order chi connectivity index (χ0) is 13.8. The number of rotatable bonds is 4. The summed E-state index contributed by atoms with van der Waals surface area (Å²) in [4.78, 5) is 0. The second-order valence-corrected chi connectivity index (χ2v) is 5.63. The lowest BCUT2D eigenvalue weighted by Crippen LogP contribution is -2.15. The minimum atomic E-state index is -0.169. The molecule has 0 atom stereocenters. The summed E-state index contributed by atoms with van der Waals surface area (Å²) in [5, 5.41) is 3.31. The molecule has 0 amide bonds. The molecule has 0 saturated carbocycles. The molecular weight excluding hydrogens is 305 g/mol. The highest BCUT2D eigenvalue weighted by atomic mass is 79.9. The second-order valence-electron chi connectivity index (χ2n) is 4.71. The van der Waals surface area contributed by atoms with Gasteiger partial charge < -0.3 is 5.32 Å². The van der Waals surface area contributed by atoms with Crippen molar-refractivity contribution in [2.75, 3.05) is 0 Å². The van der Waals surface area contributed by atoms with Gasteiger partial charge in [-0.25, -0.2) is 4.39 Å². The van der Waals surface area contributed by atoms with E-state index in [2.05, 4.69) is 53.3 Å². The standard InChI is InChI=1S/C16H17BrFN/c1-11-4-3-5-12(2)15(11)10-19-9-13-8-14(17)6-7-16(13)18/h3-8,19H,9-10H2,1-2H3. The van der Waals surface area contributed by atoms with E-state index in [0.29, 0.717) is 12.1 Å². The monoisotopic (exact) mass is 321 g/mol. The molecule has 0 aliphatic rings. The van der Waals surface area contributed by atoms with Crippen molar-refractivity contribution in [2.45, 2.75) is 26.9 Å². The molecule has 0 saturated heterocycles. The molecule has 0 radical (unpaired) electrons. The van der Waals surface area contributed by atoms with Crippen LogP contribution in [0.2, 0.25) is 0 Å². The van der Waals surface area contributed by atoms with Gasteiger partial charge in [0.05, 0.1) is 0 Å². The molecule has 0 spiro atoms. The van der Waals surface area contributed by atoms with Gasteiger partial charge in [-0.3, -0.25) is 0 Å². The van der Waals surface area contributed by atoms with Gasteiger partial charge in [0.2, 0.25) is 0 Å². The summed E-state index contributed by atoms with van der Waals surface area (Å²) in [6.07, 6.45) is 0. The van der Waals surface area contributed by atoms with E-state index in [9.17, 15) is 4.39 Å². The molecule has 0 fully saturated rings. The normalized spacial score (nSPS) is 10.7. The molecule has 2 rings (SSSR count). The molecule has 2 aromatic carbocycles. The van der Waals surface area contributed by atoms with Crippen LogP contribution >= 0.6 is 15.9 Å². The summed E-state index contributed by atoms with van der Waals surface area (Å²) < 4.78 is 14.5. The first-order valence-corrected chi connectivity index (χ1v) is 7.07. The van der Waals surface area contributed by atoms with Crippen LogP contribution < -0.4 is 5.32 Å². The van der Waals surface area contributed by atoms with Crippen LogP contribution in [0.5, 0.6) is 0 Å². The fourth-order valence-electron chi connectivity index (χ4n) is 2.13. The molecule has 0 aromatic heterocycles. The molecule has 2 aromatic rings. The lowest BCUT2D eigenvalue weighted by molar-refractivity contribution is 0.587. The minimum absolute atomic E-state index is 0.169. The molecule has 1 nitrogen and oxygen atoms in total. The van der Waals surface area contributed by atoms with E-state index in [1.165, 1.54) is 22.8 Å². The molecule has 0 bridgehead atoms. The molecule has 0 aliphatic heterocycles. The number of aryl methyl sites for hydroxylation is 2. The number of hydrogen-bond acceptors (Lipinski definition) is 1. The number of benzene rings is 2. The molecule has 0 unspecified atom stereocenters. The van der Waals surface area contributed by atoms with E-state index in [1.54, 1.807) is 6.07 Å². The highest BCUT2D eigenvalue weighted by Crippen LogP contribution is 2.16. The summed E-state index contributed by atoms with van der Waals surface area (Å²) in [6, 6.07) is 11.3. The van der Waals surface area contributed by atoms with E-state index in [-0.39, 0.29) is 5.82 Å². The predicted molar refractivity (Wildman–Crippen MR) is 80.6 cm³/mol. The van der Waals surface area contributed by atoms with Gasteiger partial charge >= 0.3 is 0 Å². The molecular formula is C16H17BrFN. The minimum Gasteiger partial charge on any atom is -0.308 e. The zero-order valence-electron chi connectivity index (χ0n) is 11.1. The third kappa shape index (κ3) is 3.64. The Kier molecular flexibility index (Phi) is 4.72. The van der Waals surface area contributed by atoms with Crippen molar-refractivity contribution in [3.05, 3.63) is 68.9 Å². The maximum atomic E-state index is 13.6. The van der Waals surface area contributed by atoms with Gasteiger partial charge in [-0.05, 0) is 48.7 Å². The topological polar surface area (TPSA) is 12.0 Å². The van der Waals surface area contributed by atoms with E-state index in [0.717, 1.165) is 11.0 Å². The molecule has 3 heteroatoms. The van der Waals surface area contributed by atoms with Crippen molar-refractivity contribution >= 4 is 15.9 Å². The maximum absolute atomic E-state index is 13.6. The molecule has 0 heterocycles. The van der Waals surface area contributed by atoms with Crippen molar-refractivity contribution in [2.24, 2.45) is 0 Å². The Balaban J connectivity index is 2.02. The summed E-state index contributed by atoms with van der Waals surface area (Å²) in [5.74, 6) is -0.169. The second kappa shape index (κ2) is 6.31. The van der Waals surface area contributed by atoms with Crippen LogP contribution in [0.4, 0.5) is 4.39 Å². The van der Waals surface area contributed by atoms with Crippen LogP contribution in [-0.2, 0) is 13.1 Å². The SMILES string of the molecule is Cc1cccc(C)c1CNCc1cc(Br)ccc1F. The number of nitrogens with one attached hydrogen (secondary N) is 1. The van der Waals surface area contributed by atoms with Crippen molar-refractivity contribution < 1.29 is 4.39 Å². The first-order valence-electron chi connectivity index (χ1n) is 6.27. The smallest absolute Gasteiger partial charge is 0.127 e. The van der Waals surface area contributed by atoms with Crippen LogP contribution in [0.25, 0.3) is 0 Å². The number of hydrogen-bond donors (Lipinski definition) is 1. The van der Waals surface area contributed by atoms with Crippen molar-refractivity contribution in [3.63, 3.8) is 0 Å². The van der Waals surface area contributed by atoms with Gasteiger partial charge in [0, 0.05) is 23.1 Å². The summed E-state index contributed by atoms with van der Waals surface area (Å²) in [7, 11) is 0. The van der Waals surface area contributed by atoms with Crippen molar-refractivity contribution in [3.8, 4) is 0 Å². The Hall–Kier alpha value is -1.19. The van der Waals surface area contributed by atoms with Crippen molar-refractivity contribution in [1.82, 2.24) is 5.32 Å². The largest absolute Gasteiger partial charge is 0.308 e. The molecule has 100 valence electrons. The molecule has 1 N–H and O–H groups in total. The lowest BCUT2D eigenvalue weighted by Gasteiger charge is -2.11. The Labute approximate surface area is 122 Å². The van der Waals surface area contributed by atoms with Crippen LogP contribution in [0.1, 0.15) is 22.3 Å². The third-order valence-corrected chi connectivity index (χ3v) is 3.76. The summed E-state index contributed by atoms with van der Waals surface area (Å²) in [5.41, 5.74) is 4.50. The maximum Gasteiger partial charge on any atom is 0.127 e. The van der Waals surface area contributed by atoms with Gasteiger partial charge in [0.1, 0.15) is 5.82 Å². The first kappa shape index (κ1) is 14.2. The highest BCUT2D eigenvalue weighted by Gasteiger charge is 2.04. The fraction of sp³-hybridized carbons (Fsp3) is 0.250. The van der Waals surface area contributed by atoms with Gasteiger partial charge in [-0.2, -0.15) is 0 Å². The van der Waals surface area contributed by atoms with Gasteiger partial charge in [0.15, 0.2) is 0 Å². The Morgan fingerprint density at radius 2 is 1.74 bits per heavy atom. The first-order chi connectivity index (χ1) is 9.08. The predicted octanol–water partition coefficient (Wildman–Crippen LogP) is 4.49. The molecule has 19 heavy (non-hydrogen) atoms. The van der Waals surface area contributed by atoms with Crippen molar-refractivity contribution in [1.29, 1.82) is 0 Å². The average Bonchev–Trinajstić information content (AvgIpc) is 2.37. The van der Waals surface area contributed by atoms with Crippen LogP contribution in [0.3, 0.4) is 0 Å². The quantitative estimate of drug-likeness (QED) is 0.874. The van der Waals surface area contributed by atoms with Crippen LogP contribution in [0.15, 0.2) is 40.9 Å². The Bertz CT molecular complexity index is 561. The lowest BCUT2D eigenvalue weighted by atomic mass is 10.0. The Morgan fingerprint density at radius 3 is 2.42 bits per heavy atom. The Morgan fingerprint density at radius 1 is 1.05 bits per heavy atom. The highest BCUT2D eigenvalue weighted by molar-refractivity contribution is 9.10. The van der Waals surface area contributed by atoms with Crippen LogP contribution in [0, 0.1) is 19.7 Å². The van der Waals surface area contributed by atoms with Gasteiger partial charge in [0.25, 0.3) is 0 Å². The number of halogens is 2. The van der Waals surface area contributed by atoms with E-state index in [4.69, 9.17) is 0 Å². The third-order valence-electron chi connectivity index (χ3n) is 3.27. The van der Waals surface area contributed by atoms with E-state index < -0.39 is 0 Å². The van der Waals surface area contributed by atoms with Gasteiger partial charge in [-0.1, -0.05) is 34.1 Å². The molecule has 0 aliphatic carbocycles. The summed E-state index contributed by atoms with van der Waals surface area (Å²) in [6.45, 7) is 5.48. The van der Waals surface area contributed by atoms with E-state index >= 15 is 0 Å². The van der Waals surface area contributed by atoms with E-state index in [1.807, 2.05) is 6.07 Å².